The zero-order chi connectivity index (χ0) is 20.3. The second kappa shape index (κ2) is 9.02. The molecule has 0 aliphatic carbocycles. The van der Waals surface area contributed by atoms with Crippen molar-refractivity contribution in [1.82, 2.24) is 0 Å². The number of hydrogen-bond donors (Lipinski definition) is 2. The topological polar surface area (TPSA) is 77.4 Å². The summed E-state index contributed by atoms with van der Waals surface area (Å²) in [4.78, 5) is 0. The molecule has 3 rings (SSSR count). The van der Waals surface area contributed by atoms with Crippen LogP contribution in [0.3, 0.4) is 0 Å². The number of aliphatic hydroxyl groups is 2. The molecule has 2 N–H and O–H groups in total. The van der Waals surface area contributed by atoms with Crippen molar-refractivity contribution >= 4 is 29.1 Å². The van der Waals surface area contributed by atoms with Crippen LogP contribution in [0.4, 0.5) is 4.39 Å². The first kappa shape index (κ1) is 20.8. The fraction of sp³-hybridized carbons (Fsp3) is 0.316. The fourth-order valence-corrected chi connectivity index (χ4v) is 2.95. The summed E-state index contributed by atoms with van der Waals surface area (Å²) in [5, 5.41) is 21.1. The van der Waals surface area contributed by atoms with Crippen LogP contribution in [0, 0.1) is 5.82 Å². The minimum atomic E-state index is -1.39. The molecule has 5 atom stereocenters. The quantitative estimate of drug-likeness (QED) is 0.724. The van der Waals surface area contributed by atoms with Crippen molar-refractivity contribution in [3.05, 3.63) is 59.4 Å². The van der Waals surface area contributed by atoms with Crippen LogP contribution >= 0.6 is 23.8 Å². The Balaban J connectivity index is 1.66. The molecule has 0 aromatic heterocycles. The number of benzene rings is 2. The minimum Gasteiger partial charge on any atom is -0.462 e. The highest BCUT2D eigenvalue weighted by atomic mass is 35.5. The standard InChI is InChI=1S/C19H18ClFO6S/c1-10-15(22)17(27-19(28)26-14-6-2-11(20)3-7-14)16(23)18(24-10)25-13-8-4-12(21)5-9-13/h2-10,15-18,22-23H,1H3/t10-,15-,16+,17+,18+/m0/s1. The Morgan fingerprint density at radius 1 is 1.04 bits per heavy atom. The lowest BCUT2D eigenvalue weighted by molar-refractivity contribution is -0.266. The molecule has 0 saturated carbocycles. The van der Waals surface area contributed by atoms with Crippen molar-refractivity contribution in [2.75, 3.05) is 0 Å². The van der Waals surface area contributed by atoms with Gasteiger partial charge in [0.2, 0.25) is 6.29 Å². The normalized spacial score (nSPS) is 27.1. The fourth-order valence-electron chi connectivity index (χ4n) is 2.61. The molecule has 0 unspecified atom stereocenters. The van der Waals surface area contributed by atoms with Gasteiger partial charge in [0, 0.05) is 17.2 Å². The molecule has 0 bridgehead atoms. The summed E-state index contributed by atoms with van der Waals surface area (Å²) >= 11 is 10.9. The van der Waals surface area contributed by atoms with Crippen LogP contribution in [0.15, 0.2) is 48.5 Å². The number of ether oxygens (including phenoxy) is 4. The van der Waals surface area contributed by atoms with Crippen molar-refractivity contribution in [3.63, 3.8) is 0 Å². The van der Waals surface area contributed by atoms with Crippen LogP contribution in [0.25, 0.3) is 0 Å². The third kappa shape index (κ3) is 5.09. The molecule has 1 fully saturated rings. The van der Waals surface area contributed by atoms with E-state index >= 15 is 0 Å². The molecule has 9 heteroatoms. The van der Waals surface area contributed by atoms with E-state index in [4.69, 9.17) is 42.8 Å². The Bertz CT molecular complexity index is 803. The van der Waals surface area contributed by atoms with Gasteiger partial charge >= 0.3 is 5.24 Å². The van der Waals surface area contributed by atoms with Crippen LogP contribution in [0.1, 0.15) is 6.92 Å². The van der Waals surface area contributed by atoms with E-state index in [0.717, 1.165) is 0 Å². The van der Waals surface area contributed by atoms with Gasteiger partial charge in [0.1, 0.15) is 23.4 Å². The van der Waals surface area contributed by atoms with Gasteiger partial charge in [0.25, 0.3) is 0 Å². The molecule has 28 heavy (non-hydrogen) atoms. The second-order valence-electron chi connectivity index (χ2n) is 6.15. The third-order valence-corrected chi connectivity index (χ3v) is 4.53. The molecule has 1 heterocycles. The Kier molecular flexibility index (Phi) is 6.69. The number of halogens is 2. The van der Waals surface area contributed by atoms with E-state index in [9.17, 15) is 14.6 Å². The van der Waals surface area contributed by atoms with Crippen LogP contribution in [0.2, 0.25) is 5.02 Å². The van der Waals surface area contributed by atoms with Gasteiger partial charge in [0.05, 0.1) is 6.10 Å². The first-order chi connectivity index (χ1) is 13.3. The predicted molar refractivity (Wildman–Crippen MR) is 103 cm³/mol. The predicted octanol–water partition coefficient (Wildman–Crippen LogP) is 3.07. The molecule has 2 aromatic rings. The molecule has 6 nitrogen and oxygen atoms in total. The summed E-state index contributed by atoms with van der Waals surface area (Å²) in [7, 11) is 0. The van der Waals surface area contributed by atoms with Gasteiger partial charge in [0.15, 0.2) is 12.2 Å². The largest absolute Gasteiger partial charge is 0.462 e. The maximum absolute atomic E-state index is 13.0. The summed E-state index contributed by atoms with van der Waals surface area (Å²) in [6.07, 6.45) is -5.61. The van der Waals surface area contributed by atoms with Crippen molar-refractivity contribution in [1.29, 1.82) is 0 Å². The first-order valence-corrected chi connectivity index (χ1v) is 9.20. The van der Waals surface area contributed by atoms with Gasteiger partial charge in [-0.3, -0.25) is 0 Å². The van der Waals surface area contributed by atoms with E-state index in [0.29, 0.717) is 10.8 Å². The average Bonchev–Trinajstić information content (AvgIpc) is 2.67. The van der Waals surface area contributed by atoms with E-state index in [1.807, 2.05) is 0 Å². The van der Waals surface area contributed by atoms with Crippen molar-refractivity contribution in [2.24, 2.45) is 0 Å². The van der Waals surface area contributed by atoms with E-state index in [2.05, 4.69) is 0 Å². The Morgan fingerprint density at radius 2 is 1.64 bits per heavy atom. The highest BCUT2D eigenvalue weighted by molar-refractivity contribution is 7.79. The molecule has 0 amide bonds. The van der Waals surface area contributed by atoms with E-state index < -0.39 is 36.5 Å². The lowest BCUT2D eigenvalue weighted by Crippen LogP contribution is -2.59. The summed E-state index contributed by atoms with van der Waals surface area (Å²) < 4.78 is 34.9. The lowest BCUT2D eigenvalue weighted by Gasteiger charge is -2.40. The number of aliphatic hydroxyl groups excluding tert-OH is 2. The number of rotatable bonds is 4. The monoisotopic (exact) mass is 428 g/mol. The maximum atomic E-state index is 13.0. The van der Waals surface area contributed by atoms with Gasteiger partial charge in [-0.15, -0.1) is 0 Å². The smallest absolute Gasteiger partial charge is 0.358 e. The van der Waals surface area contributed by atoms with Gasteiger partial charge in [-0.05, 0) is 55.5 Å². The Morgan fingerprint density at radius 3 is 2.29 bits per heavy atom. The van der Waals surface area contributed by atoms with Crippen LogP contribution in [-0.4, -0.2) is 46.2 Å². The van der Waals surface area contributed by atoms with Gasteiger partial charge in [-0.1, -0.05) is 11.6 Å². The molecule has 150 valence electrons. The summed E-state index contributed by atoms with van der Waals surface area (Å²) in [6, 6.07) is 11.6. The van der Waals surface area contributed by atoms with Crippen LogP contribution in [0.5, 0.6) is 11.5 Å². The molecule has 2 aromatic carbocycles. The van der Waals surface area contributed by atoms with E-state index in [1.165, 1.54) is 24.3 Å². The first-order valence-electron chi connectivity index (χ1n) is 8.41. The minimum absolute atomic E-state index is 0.285. The molecular weight excluding hydrogens is 411 g/mol. The second-order valence-corrected chi connectivity index (χ2v) is 6.92. The average molecular weight is 429 g/mol. The van der Waals surface area contributed by atoms with Crippen molar-refractivity contribution in [3.8, 4) is 11.5 Å². The summed E-state index contributed by atoms with van der Waals surface area (Å²) in [5.74, 6) is 0.248. The molecule has 0 spiro atoms. The molecule has 1 aliphatic heterocycles. The Labute approximate surface area is 171 Å². The lowest BCUT2D eigenvalue weighted by atomic mass is 10.00. The molecule has 1 aliphatic rings. The Hall–Kier alpha value is -1.97. The van der Waals surface area contributed by atoms with Gasteiger partial charge < -0.3 is 29.2 Å². The van der Waals surface area contributed by atoms with Gasteiger partial charge in [-0.25, -0.2) is 4.39 Å². The van der Waals surface area contributed by atoms with Crippen LogP contribution in [-0.2, 0) is 9.47 Å². The third-order valence-electron chi connectivity index (χ3n) is 4.09. The number of thiocarbonyl (C=S) groups is 1. The van der Waals surface area contributed by atoms with E-state index in [-0.39, 0.29) is 11.0 Å². The van der Waals surface area contributed by atoms with Gasteiger partial charge in [-0.2, -0.15) is 0 Å². The molecular formula is C19H18ClFO6S. The highest BCUT2D eigenvalue weighted by Crippen LogP contribution is 2.27. The zero-order valence-electron chi connectivity index (χ0n) is 14.7. The number of hydrogen-bond acceptors (Lipinski definition) is 7. The van der Waals surface area contributed by atoms with Crippen LogP contribution < -0.4 is 9.47 Å². The summed E-state index contributed by atoms with van der Waals surface area (Å²) in [6.45, 7) is 1.59. The highest BCUT2D eigenvalue weighted by Gasteiger charge is 2.46. The molecule has 0 radical (unpaired) electrons. The zero-order valence-corrected chi connectivity index (χ0v) is 16.3. The SMILES string of the molecule is C[C@@H]1O[C@H](Oc2ccc(F)cc2)[C@H](O)[C@H](OC(=S)Oc2ccc(Cl)cc2)[C@H]1O. The van der Waals surface area contributed by atoms with Crippen molar-refractivity contribution in [2.45, 2.75) is 37.6 Å². The molecule has 1 saturated heterocycles. The van der Waals surface area contributed by atoms with E-state index in [1.54, 1.807) is 31.2 Å². The maximum Gasteiger partial charge on any atom is 0.358 e. The van der Waals surface area contributed by atoms with Crippen molar-refractivity contribution < 1.29 is 33.6 Å². The summed E-state index contributed by atoms with van der Waals surface area (Å²) in [5.41, 5.74) is 0.